The molecule has 6 heteroatoms. The van der Waals surface area contributed by atoms with Gasteiger partial charge in [0.05, 0.1) is 5.69 Å². The predicted molar refractivity (Wildman–Crippen MR) is 71.5 cm³/mol. The Morgan fingerprint density at radius 2 is 1.37 bits per heavy atom. The molecule has 2 aromatic carbocycles. The van der Waals surface area contributed by atoms with Crippen LogP contribution in [0.2, 0.25) is 0 Å². The molecule has 1 unspecified atom stereocenters. The van der Waals surface area contributed by atoms with Crippen molar-refractivity contribution in [1.82, 2.24) is 0 Å². The van der Waals surface area contributed by atoms with Crippen LogP contribution in [-0.2, 0) is 0 Å². The average molecular weight is 276 g/mol. The van der Waals surface area contributed by atoms with Crippen molar-refractivity contribution in [1.29, 1.82) is 0 Å². The molecule has 3 rings (SSSR count). The van der Waals surface area contributed by atoms with Crippen molar-refractivity contribution in [3.05, 3.63) is 60.7 Å². The molecule has 0 amide bonds. The van der Waals surface area contributed by atoms with E-state index in [4.69, 9.17) is 5.84 Å². The third-order valence-electron chi connectivity index (χ3n) is 2.72. The highest BCUT2D eigenvalue weighted by atomic mass is 35.5. The maximum atomic E-state index is 5.99. The Kier molecular flexibility index (Phi) is 4.01. The minimum Gasteiger partial charge on any atom is -1.00 e. The third-order valence-corrected chi connectivity index (χ3v) is 2.72. The molecule has 0 saturated heterocycles. The summed E-state index contributed by atoms with van der Waals surface area (Å²) in [6, 6.07) is 19.8. The second-order valence-corrected chi connectivity index (χ2v) is 3.94. The molecule has 0 radical (unpaired) electrons. The molecule has 5 nitrogen and oxygen atoms in total. The van der Waals surface area contributed by atoms with Crippen LogP contribution in [0.25, 0.3) is 0 Å². The molecule has 0 aliphatic carbocycles. The number of nitrogens with zero attached hydrogens (tertiary/aromatic N) is 3. The molecular weight excluding hydrogens is 262 g/mol. The standard InChI is InChI=1S/C13H13N5.ClH/c14-16-11-15-17(12-7-3-1-4-8-12)18(16)13-9-5-2-6-10-13;/h1-11H,14H2;1H. The van der Waals surface area contributed by atoms with E-state index in [-0.39, 0.29) is 12.4 Å². The monoisotopic (exact) mass is 275 g/mol. The van der Waals surface area contributed by atoms with E-state index in [0.29, 0.717) is 5.12 Å². The van der Waals surface area contributed by atoms with E-state index in [1.807, 2.05) is 65.8 Å². The number of nitrogens with one attached hydrogen (secondary N) is 1. The molecule has 3 N–H and O–H groups in total. The highest BCUT2D eigenvalue weighted by molar-refractivity contribution is 5.62. The molecule has 0 bridgehead atoms. The smallest absolute Gasteiger partial charge is 0.254 e. The number of anilines is 2. The molecule has 1 aliphatic heterocycles. The predicted octanol–water partition coefficient (Wildman–Crippen LogP) is -2.45. The number of rotatable bonds is 2. The summed E-state index contributed by atoms with van der Waals surface area (Å²) in [5, 5.41) is 8.57. The van der Waals surface area contributed by atoms with Gasteiger partial charge in [-0.25, -0.2) is 0 Å². The van der Waals surface area contributed by atoms with Crippen molar-refractivity contribution in [3.63, 3.8) is 0 Å². The van der Waals surface area contributed by atoms with Gasteiger partial charge in [0.25, 0.3) is 6.34 Å². The summed E-state index contributed by atoms with van der Waals surface area (Å²) in [6.45, 7) is 0. The van der Waals surface area contributed by atoms with Gasteiger partial charge in [-0.05, 0) is 24.3 Å². The number of para-hydroxylation sites is 2. The third kappa shape index (κ3) is 2.53. The van der Waals surface area contributed by atoms with E-state index < -0.39 is 0 Å². The summed E-state index contributed by atoms with van der Waals surface area (Å²) in [7, 11) is 0. The zero-order chi connectivity index (χ0) is 12.4. The van der Waals surface area contributed by atoms with E-state index >= 15 is 0 Å². The second-order valence-electron chi connectivity index (χ2n) is 3.94. The summed E-state index contributed by atoms with van der Waals surface area (Å²) in [5.74, 6) is 5.99. The van der Waals surface area contributed by atoms with Crippen LogP contribution in [0.3, 0.4) is 0 Å². The first-order chi connectivity index (χ1) is 8.86. The number of hydrazine groups is 1. The summed E-state index contributed by atoms with van der Waals surface area (Å²) in [5.41, 5.74) is 1.95. The van der Waals surface area contributed by atoms with Gasteiger partial charge in [0, 0.05) is 0 Å². The van der Waals surface area contributed by atoms with E-state index in [1.165, 1.54) is 0 Å². The van der Waals surface area contributed by atoms with Crippen LogP contribution in [0.5, 0.6) is 0 Å². The SMILES string of the molecule is N[NH+]1C=NN(c2ccccc2)N1c1ccccc1.[Cl-]. The Morgan fingerprint density at radius 3 is 1.95 bits per heavy atom. The van der Waals surface area contributed by atoms with Crippen molar-refractivity contribution >= 4 is 17.7 Å². The lowest BCUT2D eigenvalue weighted by molar-refractivity contribution is -0.816. The van der Waals surface area contributed by atoms with Crippen LogP contribution in [0.1, 0.15) is 0 Å². The molecule has 0 saturated carbocycles. The molecule has 19 heavy (non-hydrogen) atoms. The summed E-state index contributed by atoms with van der Waals surface area (Å²) >= 11 is 0. The number of quaternary nitrogens is 1. The molecule has 0 aromatic heterocycles. The van der Waals surface area contributed by atoms with Gasteiger partial charge in [-0.15, -0.1) is 11.0 Å². The van der Waals surface area contributed by atoms with Crippen LogP contribution < -0.4 is 33.6 Å². The van der Waals surface area contributed by atoms with Crippen LogP contribution >= 0.6 is 0 Å². The summed E-state index contributed by atoms with van der Waals surface area (Å²) in [4.78, 5) is 0. The van der Waals surface area contributed by atoms with E-state index in [2.05, 4.69) is 5.10 Å². The molecule has 98 valence electrons. The molecule has 0 fully saturated rings. The first kappa shape index (κ1) is 13.4. The second kappa shape index (κ2) is 5.71. The number of hydrazone groups is 1. The first-order valence-corrected chi connectivity index (χ1v) is 5.73. The molecular formula is C13H14ClN5. The van der Waals surface area contributed by atoms with Crippen molar-refractivity contribution < 1.29 is 17.5 Å². The van der Waals surface area contributed by atoms with Crippen molar-refractivity contribution in [2.24, 2.45) is 10.9 Å². The zero-order valence-corrected chi connectivity index (χ0v) is 10.9. The topological polar surface area (TPSA) is 49.3 Å². The van der Waals surface area contributed by atoms with E-state index in [9.17, 15) is 0 Å². The Bertz CT molecular complexity index is 545. The van der Waals surface area contributed by atoms with Gasteiger partial charge in [-0.1, -0.05) is 51.7 Å². The molecule has 0 spiro atoms. The Hall–Kier alpha value is -2.08. The van der Waals surface area contributed by atoms with E-state index in [1.54, 1.807) is 11.5 Å². The quantitative estimate of drug-likeness (QED) is 0.599. The summed E-state index contributed by atoms with van der Waals surface area (Å²) < 4.78 is 0. The van der Waals surface area contributed by atoms with Crippen molar-refractivity contribution in [3.8, 4) is 0 Å². The minimum atomic E-state index is 0. The fourth-order valence-corrected chi connectivity index (χ4v) is 1.90. The highest BCUT2D eigenvalue weighted by Crippen LogP contribution is 2.20. The summed E-state index contributed by atoms with van der Waals surface area (Å²) in [6.07, 6.45) is 1.65. The molecule has 1 atom stereocenters. The van der Waals surface area contributed by atoms with Gasteiger partial charge in [0.15, 0.2) is 0 Å². The highest BCUT2D eigenvalue weighted by Gasteiger charge is 2.29. The van der Waals surface area contributed by atoms with Crippen molar-refractivity contribution in [2.75, 3.05) is 10.2 Å². The lowest BCUT2D eigenvalue weighted by Gasteiger charge is -2.26. The van der Waals surface area contributed by atoms with Gasteiger partial charge in [0.2, 0.25) is 0 Å². The van der Waals surface area contributed by atoms with Crippen LogP contribution in [0.4, 0.5) is 11.4 Å². The number of hydrogen-bond donors (Lipinski definition) is 2. The van der Waals surface area contributed by atoms with Gasteiger partial charge >= 0.3 is 0 Å². The lowest BCUT2D eigenvalue weighted by Crippen LogP contribution is -3.23. The van der Waals surface area contributed by atoms with Gasteiger partial charge in [-0.3, -0.25) is 0 Å². The first-order valence-electron chi connectivity index (χ1n) is 5.73. The number of hydrogen-bond acceptors (Lipinski definition) is 4. The average Bonchev–Trinajstić information content (AvgIpc) is 2.83. The zero-order valence-electron chi connectivity index (χ0n) is 10.1. The molecule has 1 heterocycles. The van der Waals surface area contributed by atoms with Gasteiger partial charge in [0.1, 0.15) is 5.69 Å². The Morgan fingerprint density at radius 1 is 0.842 bits per heavy atom. The maximum Gasteiger partial charge on any atom is 0.254 e. The number of benzene rings is 2. The van der Waals surface area contributed by atoms with Crippen LogP contribution in [-0.4, -0.2) is 6.34 Å². The Labute approximate surface area is 117 Å². The van der Waals surface area contributed by atoms with Crippen LogP contribution in [0.15, 0.2) is 65.8 Å². The van der Waals surface area contributed by atoms with Gasteiger partial charge < -0.3 is 12.4 Å². The minimum absolute atomic E-state index is 0. The number of nitrogens with two attached hydrogens (primary N) is 1. The fraction of sp³-hybridized carbons (Fsp3) is 0. The van der Waals surface area contributed by atoms with Gasteiger partial charge in [-0.2, -0.15) is 0 Å². The lowest BCUT2D eigenvalue weighted by atomic mass is 10.3. The Balaban J connectivity index is 0.00000133. The normalized spacial score (nSPS) is 17.4. The van der Waals surface area contributed by atoms with Crippen LogP contribution in [0, 0.1) is 0 Å². The maximum absolute atomic E-state index is 5.99. The number of halogens is 1. The fourth-order valence-electron chi connectivity index (χ4n) is 1.90. The van der Waals surface area contributed by atoms with Crippen molar-refractivity contribution in [2.45, 2.75) is 0 Å². The molecule has 1 aliphatic rings. The largest absolute Gasteiger partial charge is 1.00 e. The van der Waals surface area contributed by atoms with E-state index in [0.717, 1.165) is 11.4 Å². The molecule has 2 aromatic rings.